The summed E-state index contributed by atoms with van der Waals surface area (Å²) < 4.78 is 58.3. The summed E-state index contributed by atoms with van der Waals surface area (Å²) in [6, 6.07) is 0. The molecule has 1 heterocycles. The summed E-state index contributed by atoms with van der Waals surface area (Å²) in [6.07, 6.45) is 12.7. The molecule has 10 nitrogen and oxygen atoms in total. The minimum absolute atomic E-state index is 0.240. The first kappa shape index (κ1) is 36.1. The lowest BCUT2D eigenvalue weighted by molar-refractivity contribution is -0.186. The van der Waals surface area contributed by atoms with Gasteiger partial charge in [-0.05, 0) is 37.5 Å². The largest absolute Gasteiger partial charge is 0.377 e. The zero-order valence-electron chi connectivity index (χ0n) is 26.2. The second kappa shape index (κ2) is 24.9. The van der Waals surface area contributed by atoms with Crippen molar-refractivity contribution in [2.24, 2.45) is 11.8 Å². The van der Waals surface area contributed by atoms with Gasteiger partial charge < -0.3 is 47.4 Å². The first-order valence-electron chi connectivity index (χ1n) is 16.8. The van der Waals surface area contributed by atoms with Crippen LogP contribution in [-0.4, -0.2) is 131 Å². The van der Waals surface area contributed by atoms with Crippen LogP contribution in [0.5, 0.6) is 0 Å². The van der Waals surface area contributed by atoms with E-state index in [9.17, 15) is 0 Å². The predicted octanol–water partition coefficient (Wildman–Crippen LogP) is 4.07. The Labute approximate surface area is 254 Å². The Kier molecular flexibility index (Phi) is 21.4. The van der Waals surface area contributed by atoms with E-state index in [1.165, 1.54) is 64.2 Å². The summed E-state index contributed by atoms with van der Waals surface area (Å²) in [5.41, 5.74) is -0.240. The van der Waals surface area contributed by atoms with Gasteiger partial charge in [-0.2, -0.15) is 0 Å². The summed E-state index contributed by atoms with van der Waals surface area (Å²) in [7, 11) is 0. The van der Waals surface area contributed by atoms with Gasteiger partial charge in [-0.15, -0.1) is 0 Å². The van der Waals surface area contributed by atoms with Crippen LogP contribution in [0.2, 0.25) is 0 Å². The molecule has 0 spiro atoms. The van der Waals surface area contributed by atoms with Gasteiger partial charge in [0.1, 0.15) is 0 Å². The Bertz CT molecular complexity index is 548. The maximum atomic E-state index is 6.90. The Morgan fingerprint density at radius 1 is 0.286 bits per heavy atom. The van der Waals surface area contributed by atoms with Gasteiger partial charge >= 0.3 is 0 Å². The van der Waals surface area contributed by atoms with Gasteiger partial charge in [0.25, 0.3) is 0 Å². The first-order chi connectivity index (χ1) is 20.9. The van der Waals surface area contributed by atoms with Gasteiger partial charge in [-0.25, -0.2) is 0 Å². The molecular formula is C32H60O10. The van der Waals surface area contributed by atoms with Crippen LogP contribution >= 0.6 is 0 Å². The molecule has 3 fully saturated rings. The molecule has 3 rings (SSSR count). The summed E-state index contributed by atoms with van der Waals surface area (Å²) in [4.78, 5) is 0. The van der Waals surface area contributed by atoms with Crippen LogP contribution in [0.25, 0.3) is 0 Å². The zero-order valence-corrected chi connectivity index (χ0v) is 26.2. The molecule has 2 aliphatic carbocycles. The Hall–Kier alpha value is -0.400. The second-order valence-corrected chi connectivity index (χ2v) is 11.4. The van der Waals surface area contributed by atoms with E-state index >= 15 is 0 Å². The lowest BCUT2D eigenvalue weighted by Gasteiger charge is -2.48. The number of hydrogen-bond acceptors (Lipinski definition) is 10. The molecule has 0 unspecified atom stereocenters. The fourth-order valence-corrected chi connectivity index (χ4v) is 6.31. The molecule has 1 aliphatic heterocycles. The smallest absolute Gasteiger partial charge is 0.0971 e. The van der Waals surface area contributed by atoms with Crippen LogP contribution in [0.4, 0.5) is 0 Å². The molecule has 10 heteroatoms. The maximum absolute atomic E-state index is 6.90. The van der Waals surface area contributed by atoms with Gasteiger partial charge in [0.05, 0.1) is 131 Å². The number of ether oxygens (including phenoxy) is 10. The molecule has 0 aromatic carbocycles. The first-order valence-corrected chi connectivity index (χ1v) is 16.8. The molecule has 0 amide bonds. The third-order valence-electron chi connectivity index (χ3n) is 8.49. The van der Waals surface area contributed by atoms with Crippen molar-refractivity contribution in [1.82, 2.24) is 0 Å². The molecule has 248 valence electrons. The van der Waals surface area contributed by atoms with Crippen LogP contribution in [0, 0.1) is 11.8 Å². The lowest BCUT2D eigenvalue weighted by Crippen LogP contribution is -2.53. The quantitative estimate of drug-likeness (QED) is 0.460. The van der Waals surface area contributed by atoms with Crippen LogP contribution in [0.15, 0.2) is 0 Å². The fourth-order valence-electron chi connectivity index (χ4n) is 6.31. The van der Waals surface area contributed by atoms with Crippen molar-refractivity contribution in [1.29, 1.82) is 0 Å². The molecule has 0 aromatic heterocycles. The Morgan fingerprint density at radius 3 is 0.857 bits per heavy atom. The van der Waals surface area contributed by atoms with Crippen molar-refractivity contribution in [3.05, 3.63) is 0 Å². The third kappa shape index (κ3) is 15.5. The molecule has 42 heavy (non-hydrogen) atoms. The van der Waals surface area contributed by atoms with Gasteiger partial charge in [0.15, 0.2) is 0 Å². The van der Waals surface area contributed by atoms with Crippen molar-refractivity contribution in [2.45, 2.75) is 69.8 Å². The molecule has 0 atom stereocenters. The van der Waals surface area contributed by atoms with Crippen molar-refractivity contribution < 1.29 is 47.4 Å². The van der Waals surface area contributed by atoms with E-state index in [1.807, 2.05) is 0 Å². The number of rotatable bonds is 2. The van der Waals surface area contributed by atoms with Crippen LogP contribution in [0.3, 0.4) is 0 Å². The van der Waals surface area contributed by atoms with Gasteiger partial charge in [-0.1, -0.05) is 38.5 Å². The predicted molar refractivity (Wildman–Crippen MR) is 159 cm³/mol. The highest BCUT2D eigenvalue weighted by atomic mass is 16.6. The number of hydrogen-bond donors (Lipinski definition) is 0. The molecule has 2 saturated carbocycles. The minimum atomic E-state index is -0.240. The highest BCUT2D eigenvalue weighted by molar-refractivity contribution is 4.97. The van der Waals surface area contributed by atoms with E-state index in [1.54, 1.807) is 0 Å². The Morgan fingerprint density at radius 2 is 0.548 bits per heavy atom. The monoisotopic (exact) mass is 604 g/mol. The van der Waals surface area contributed by atoms with Crippen LogP contribution in [0.1, 0.15) is 64.2 Å². The molecule has 0 aromatic rings. The minimum Gasteiger partial charge on any atom is -0.377 e. The summed E-state index contributed by atoms with van der Waals surface area (Å²) >= 11 is 0. The topological polar surface area (TPSA) is 92.3 Å². The van der Waals surface area contributed by atoms with E-state index in [0.717, 1.165) is 0 Å². The molecular weight excluding hydrogens is 544 g/mol. The average molecular weight is 605 g/mol. The molecule has 1 saturated heterocycles. The third-order valence-corrected chi connectivity index (χ3v) is 8.49. The van der Waals surface area contributed by atoms with Gasteiger partial charge in [-0.3, -0.25) is 0 Å². The summed E-state index contributed by atoms with van der Waals surface area (Å²) in [5, 5.41) is 0. The fraction of sp³-hybridized carbons (Fsp3) is 1.00. The SMILES string of the molecule is C1CCC(C2(C3CCCCC3)COCCOCCOCCOCCOCCOCCOCCOCCOCCO2)CC1. The van der Waals surface area contributed by atoms with Crippen molar-refractivity contribution in [3.8, 4) is 0 Å². The molecule has 0 radical (unpaired) electrons. The van der Waals surface area contributed by atoms with E-state index in [-0.39, 0.29) is 5.60 Å². The normalized spacial score (nSPS) is 27.1. The van der Waals surface area contributed by atoms with E-state index in [0.29, 0.717) is 137 Å². The van der Waals surface area contributed by atoms with E-state index in [2.05, 4.69) is 0 Å². The van der Waals surface area contributed by atoms with Gasteiger partial charge in [0, 0.05) is 0 Å². The highest BCUT2D eigenvalue weighted by Crippen LogP contribution is 2.45. The van der Waals surface area contributed by atoms with Crippen molar-refractivity contribution in [3.63, 3.8) is 0 Å². The van der Waals surface area contributed by atoms with E-state index in [4.69, 9.17) is 47.4 Å². The van der Waals surface area contributed by atoms with Gasteiger partial charge in [0.2, 0.25) is 0 Å². The van der Waals surface area contributed by atoms with Crippen molar-refractivity contribution in [2.75, 3.05) is 126 Å². The molecule has 0 bridgehead atoms. The molecule has 3 aliphatic rings. The van der Waals surface area contributed by atoms with Crippen LogP contribution in [-0.2, 0) is 47.4 Å². The van der Waals surface area contributed by atoms with Crippen LogP contribution < -0.4 is 0 Å². The summed E-state index contributed by atoms with van der Waals surface area (Å²) in [5.74, 6) is 1.08. The lowest BCUT2D eigenvalue weighted by atomic mass is 9.66. The molecule has 0 N–H and O–H groups in total. The van der Waals surface area contributed by atoms with Crippen molar-refractivity contribution >= 4 is 0 Å². The maximum Gasteiger partial charge on any atom is 0.0971 e. The second-order valence-electron chi connectivity index (χ2n) is 11.4. The standard InChI is InChI=1S/C32H60O10/c1-3-7-30(8-4-1)32(31-9-5-2-6-10-31)29-41-26-25-39-22-21-37-18-17-35-14-13-33-11-12-34-15-16-36-19-20-38-23-24-40-27-28-42-32/h30-31H,1-29H2. The van der Waals surface area contributed by atoms with E-state index < -0.39 is 0 Å². The summed E-state index contributed by atoms with van der Waals surface area (Å²) in [6.45, 7) is 10.5. The average Bonchev–Trinajstić information content (AvgIpc) is 3.03. The zero-order chi connectivity index (χ0) is 29.2. The Balaban J connectivity index is 1.45. The highest BCUT2D eigenvalue weighted by Gasteiger charge is 2.47.